The number of ether oxygens (including phenoxy) is 2. The summed E-state index contributed by atoms with van der Waals surface area (Å²) in [6.07, 6.45) is 10.7. The van der Waals surface area contributed by atoms with Crippen molar-refractivity contribution in [2.75, 3.05) is 6.61 Å². The number of primary amides is 1. The molecule has 3 aromatic heterocycles. The number of pyridine rings is 1. The van der Waals surface area contributed by atoms with Crippen LogP contribution >= 0.6 is 0 Å². The van der Waals surface area contributed by atoms with Crippen molar-refractivity contribution in [3.8, 4) is 22.6 Å². The molecule has 12 nitrogen and oxygen atoms in total. The van der Waals surface area contributed by atoms with E-state index in [9.17, 15) is 19.8 Å². The van der Waals surface area contributed by atoms with E-state index in [0.29, 0.717) is 23.6 Å². The van der Waals surface area contributed by atoms with E-state index in [4.69, 9.17) is 15.2 Å². The zero-order valence-electron chi connectivity index (χ0n) is 26.7. The molecule has 0 saturated heterocycles. The molecule has 4 aromatic rings. The van der Waals surface area contributed by atoms with Crippen LogP contribution in [0.15, 0.2) is 55.1 Å². The van der Waals surface area contributed by atoms with Gasteiger partial charge in [-0.05, 0) is 88.6 Å². The molecule has 1 spiro atoms. The smallest absolute Gasteiger partial charge is 0.252 e. The first kappa shape index (κ1) is 31.6. The van der Waals surface area contributed by atoms with Crippen molar-refractivity contribution >= 4 is 17.3 Å². The number of fused-ring (bicyclic) bond motifs is 1. The van der Waals surface area contributed by atoms with E-state index >= 15 is 0 Å². The third-order valence-electron chi connectivity index (χ3n) is 8.61. The van der Waals surface area contributed by atoms with Crippen LogP contribution < -0.4 is 20.5 Å². The third kappa shape index (κ3) is 7.18. The summed E-state index contributed by atoms with van der Waals surface area (Å²) in [5.74, 6) is 0.447. The first-order chi connectivity index (χ1) is 21.6. The van der Waals surface area contributed by atoms with Crippen LogP contribution in [0.1, 0.15) is 69.3 Å². The van der Waals surface area contributed by atoms with Crippen molar-refractivity contribution in [3.05, 3.63) is 66.2 Å². The number of carbonyl (C=O) groups excluding carboxylic acids is 2. The summed E-state index contributed by atoms with van der Waals surface area (Å²) in [5, 5.41) is 31.9. The summed E-state index contributed by atoms with van der Waals surface area (Å²) < 4.78 is 15.3. The number of hydrogen-bond acceptors (Lipinski definition) is 8. The minimum absolute atomic E-state index is 0.0426. The Hall–Kier alpha value is -4.42. The molecule has 3 heterocycles. The van der Waals surface area contributed by atoms with Gasteiger partial charge < -0.3 is 30.7 Å². The van der Waals surface area contributed by atoms with Gasteiger partial charge in [0.1, 0.15) is 18.1 Å². The largest absolute Gasteiger partial charge is 0.490 e. The maximum absolute atomic E-state index is 12.9. The number of aliphatic hydroxyl groups is 2. The summed E-state index contributed by atoms with van der Waals surface area (Å²) >= 11 is 0. The lowest BCUT2D eigenvalue weighted by atomic mass is 9.53. The highest BCUT2D eigenvalue weighted by molar-refractivity contribution is 5.96. The summed E-state index contributed by atoms with van der Waals surface area (Å²) in [4.78, 5) is 25.0. The molecule has 1 aromatic carbocycles. The Bertz CT molecular complexity index is 1750. The highest BCUT2D eigenvalue weighted by Crippen LogP contribution is 2.57. The fourth-order valence-electron chi connectivity index (χ4n) is 6.54. The Balaban J connectivity index is 1.00. The van der Waals surface area contributed by atoms with Crippen molar-refractivity contribution in [2.45, 2.75) is 89.7 Å². The Morgan fingerprint density at radius 3 is 2.46 bits per heavy atom. The number of hydrogen-bond donors (Lipinski definition) is 4. The van der Waals surface area contributed by atoms with Crippen molar-refractivity contribution in [1.29, 1.82) is 0 Å². The zero-order chi connectivity index (χ0) is 32.9. The van der Waals surface area contributed by atoms with Crippen molar-refractivity contribution in [1.82, 2.24) is 24.7 Å². The predicted molar refractivity (Wildman–Crippen MR) is 170 cm³/mol. The number of nitrogens with zero attached hydrogens (tertiary/aromatic N) is 4. The maximum Gasteiger partial charge on any atom is 0.252 e. The molecule has 244 valence electrons. The van der Waals surface area contributed by atoms with Crippen LogP contribution in [0.4, 0.5) is 0 Å². The third-order valence-corrected chi connectivity index (χ3v) is 8.61. The minimum atomic E-state index is -0.942. The molecule has 0 unspecified atom stereocenters. The molecular weight excluding hydrogens is 588 g/mol. The maximum atomic E-state index is 12.9. The van der Waals surface area contributed by atoms with Gasteiger partial charge in [0.15, 0.2) is 0 Å². The van der Waals surface area contributed by atoms with Crippen molar-refractivity contribution in [3.63, 3.8) is 0 Å². The molecule has 0 atom stereocenters. The number of aromatic nitrogens is 4. The zero-order valence-corrected chi connectivity index (χ0v) is 26.7. The number of rotatable bonds is 12. The molecule has 2 saturated carbocycles. The molecule has 2 amide bonds. The van der Waals surface area contributed by atoms with E-state index in [1.54, 1.807) is 61.5 Å². The molecule has 2 aliphatic rings. The second kappa shape index (κ2) is 11.7. The van der Waals surface area contributed by atoms with E-state index in [0.717, 1.165) is 47.9 Å². The molecular formula is C34H42N6O6. The van der Waals surface area contributed by atoms with Crippen molar-refractivity contribution in [2.24, 2.45) is 11.1 Å². The number of carbonyl (C=O) groups is 2. The first-order valence-electron chi connectivity index (χ1n) is 15.6. The Kier molecular flexibility index (Phi) is 8.06. The van der Waals surface area contributed by atoms with Gasteiger partial charge in [0.2, 0.25) is 5.91 Å². The molecule has 0 bridgehead atoms. The summed E-state index contributed by atoms with van der Waals surface area (Å²) in [6.45, 7) is 7.32. The monoisotopic (exact) mass is 630 g/mol. The molecule has 2 aliphatic carbocycles. The van der Waals surface area contributed by atoms with Gasteiger partial charge in [-0.15, -0.1) is 0 Å². The normalized spacial score (nSPS) is 21.1. The van der Waals surface area contributed by atoms with E-state index in [1.165, 1.54) is 0 Å². The average molecular weight is 631 g/mol. The fraction of sp³-hybridized carbons (Fsp3) is 0.471. The van der Waals surface area contributed by atoms with Crippen LogP contribution in [0.3, 0.4) is 0 Å². The quantitative estimate of drug-likeness (QED) is 0.185. The van der Waals surface area contributed by atoms with Crippen LogP contribution in [0.2, 0.25) is 0 Å². The average Bonchev–Trinajstić information content (AvgIpc) is 3.54. The molecule has 46 heavy (non-hydrogen) atoms. The topological polar surface area (TPSA) is 166 Å². The Morgan fingerprint density at radius 1 is 1.00 bits per heavy atom. The van der Waals surface area contributed by atoms with Crippen LogP contribution in [0.5, 0.6) is 11.5 Å². The highest BCUT2D eigenvalue weighted by Gasteiger charge is 2.54. The predicted octanol–water partition coefficient (Wildman–Crippen LogP) is 3.27. The second-order valence-electron chi connectivity index (χ2n) is 14.3. The number of benzene rings is 1. The van der Waals surface area contributed by atoms with Gasteiger partial charge in [-0.25, -0.2) is 4.52 Å². The number of nitrogens with one attached hydrogen (secondary N) is 1. The minimum Gasteiger partial charge on any atom is -0.490 e. The molecule has 2 fully saturated rings. The summed E-state index contributed by atoms with van der Waals surface area (Å²) in [5.41, 5.74) is 7.63. The van der Waals surface area contributed by atoms with Crippen LogP contribution in [0.25, 0.3) is 16.6 Å². The second-order valence-corrected chi connectivity index (χ2v) is 14.3. The van der Waals surface area contributed by atoms with Crippen molar-refractivity contribution < 1.29 is 29.3 Å². The fourth-order valence-corrected chi connectivity index (χ4v) is 6.54. The van der Waals surface area contributed by atoms with E-state index < -0.39 is 17.1 Å². The van der Waals surface area contributed by atoms with Crippen LogP contribution in [-0.4, -0.2) is 71.4 Å². The van der Waals surface area contributed by atoms with Gasteiger partial charge in [-0.3, -0.25) is 14.3 Å². The SMILES string of the molecule is CC(C)(O)COc1ccc2c(CC(=O)NC3CC4(C3)CC(Oc3cc(-c5cnn(CC(C)(C)O)c5)ccc3C(N)=O)C4)cnn2c1. The first-order valence-corrected chi connectivity index (χ1v) is 15.6. The lowest BCUT2D eigenvalue weighted by Crippen LogP contribution is -2.59. The van der Waals surface area contributed by atoms with Gasteiger partial charge in [0.05, 0.1) is 59.9 Å². The number of nitrogens with two attached hydrogens (primary N) is 1. The molecule has 0 aliphatic heterocycles. The summed E-state index contributed by atoms with van der Waals surface area (Å²) in [7, 11) is 0. The van der Waals surface area contributed by atoms with Gasteiger partial charge in [-0.1, -0.05) is 6.07 Å². The van der Waals surface area contributed by atoms with Gasteiger partial charge in [0, 0.05) is 23.4 Å². The highest BCUT2D eigenvalue weighted by atomic mass is 16.5. The Morgan fingerprint density at radius 2 is 1.76 bits per heavy atom. The number of amides is 2. The van der Waals surface area contributed by atoms with E-state index in [-0.39, 0.29) is 36.5 Å². The lowest BCUT2D eigenvalue weighted by molar-refractivity contribution is -0.126. The molecule has 5 N–H and O–H groups in total. The Labute approximate surface area is 267 Å². The van der Waals surface area contributed by atoms with Gasteiger partial charge in [-0.2, -0.15) is 10.2 Å². The molecule has 0 radical (unpaired) electrons. The van der Waals surface area contributed by atoms with E-state index in [1.807, 2.05) is 30.5 Å². The van der Waals surface area contributed by atoms with Crippen LogP contribution in [0, 0.1) is 5.41 Å². The standard InChI is InChI=1S/C34H42N6O6/c1-32(2,43)19-39-17-23(16-36-39)21-5-7-27(31(35)42)29(9-21)46-26-13-34(14-26)11-24(12-34)38-30(41)10-22-15-37-40-18-25(6-8-28(22)40)45-20-33(3,4)44/h5-9,15-18,24,26,43-44H,10-14,19-20H2,1-4H3,(H2,35,42)(H,38,41). The molecule has 6 rings (SSSR count). The summed E-state index contributed by atoms with van der Waals surface area (Å²) in [6, 6.07) is 9.11. The molecule has 12 heteroatoms. The van der Waals surface area contributed by atoms with Gasteiger partial charge >= 0.3 is 0 Å². The lowest BCUT2D eigenvalue weighted by Gasteiger charge is -2.57. The van der Waals surface area contributed by atoms with Gasteiger partial charge in [0.25, 0.3) is 5.91 Å². The van der Waals surface area contributed by atoms with E-state index in [2.05, 4.69) is 15.5 Å². The van der Waals surface area contributed by atoms with Crippen LogP contribution in [-0.2, 0) is 17.8 Å².